The van der Waals surface area contributed by atoms with Gasteiger partial charge in [0.05, 0.1) is 0 Å². The van der Waals surface area contributed by atoms with Crippen LogP contribution in [0.3, 0.4) is 0 Å². The summed E-state index contributed by atoms with van der Waals surface area (Å²) in [5, 5.41) is 9.91. The molecule has 0 aromatic rings. The number of carbonyl (C=O) groups is 1. The summed E-state index contributed by atoms with van der Waals surface area (Å²) < 4.78 is 0. The number of thioether (sulfide) groups is 1. The van der Waals surface area contributed by atoms with Crippen LogP contribution in [-0.4, -0.2) is 16.8 Å². The van der Waals surface area contributed by atoms with E-state index in [0.717, 1.165) is 5.25 Å². The largest absolute Gasteiger partial charge is 0.483 e. The molecule has 52 valence electrons. The van der Waals surface area contributed by atoms with E-state index in [1.807, 2.05) is 11.8 Å². The Balaban J connectivity index is 0.000000187. The molecule has 0 aromatic carbocycles. The van der Waals surface area contributed by atoms with E-state index in [9.17, 15) is 0 Å². The van der Waals surface area contributed by atoms with Crippen molar-refractivity contribution >= 4 is 18.2 Å². The van der Waals surface area contributed by atoms with Gasteiger partial charge >= 0.3 is 0 Å². The summed E-state index contributed by atoms with van der Waals surface area (Å²) in [5.41, 5.74) is 0. The molecule has 0 bridgehead atoms. The SMILES string of the molecule is CC1CC=CS1.O=CO. The van der Waals surface area contributed by atoms with E-state index < -0.39 is 0 Å². The highest BCUT2D eigenvalue weighted by Gasteiger charge is 2.00. The molecule has 1 heterocycles. The minimum Gasteiger partial charge on any atom is -0.483 e. The zero-order valence-corrected chi connectivity index (χ0v) is 6.10. The fraction of sp³-hybridized carbons (Fsp3) is 0.500. The van der Waals surface area contributed by atoms with Gasteiger partial charge in [-0.1, -0.05) is 13.0 Å². The van der Waals surface area contributed by atoms with E-state index in [0.29, 0.717) is 0 Å². The third-order valence-electron chi connectivity index (χ3n) is 0.875. The van der Waals surface area contributed by atoms with Gasteiger partial charge in [-0.15, -0.1) is 11.8 Å². The van der Waals surface area contributed by atoms with Crippen molar-refractivity contribution < 1.29 is 9.90 Å². The first-order chi connectivity index (χ1) is 4.31. The molecule has 1 N–H and O–H groups in total. The minimum atomic E-state index is -0.250. The lowest BCUT2D eigenvalue weighted by atomic mass is 10.3. The standard InChI is InChI=1S/C5H8S.CH2O2/c1-5-3-2-4-6-5;2-1-3/h2,4-5H,3H2,1H3;1H,(H,2,3). The van der Waals surface area contributed by atoms with Crippen LogP contribution in [0.1, 0.15) is 13.3 Å². The van der Waals surface area contributed by atoms with Crippen LogP contribution in [0.4, 0.5) is 0 Å². The average Bonchev–Trinajstić information content (AvgIpc) is 2.20. The molecule has 1 rings (SSSR count). The van der Waals surface area contributed by atoms with Crippen molar-refractivity contribution in [1.29, 1.82) is 0 Å². The molecule has 0 aliphatic carbocycles. The molecule has 0 spiro atoms. The smallest absolute Gasteiger partial charge is 0.290 e. The van der Waals surface area contributed by atoms with Gasteiger partial charge in [0.2, 0.25) is 0 Å². The maximum Gasteiger partial charge on any atom is 0.290 e. The molecule has 2 nitrogen and oxygen atoms in total. The molecule has 9 heavy (non-hydrogen) atoms. The number of carboxylic acid groups (broad SMARTS) is 1. The van der Waals surface area contributed by atoms with Gasteiger partial charge in [0.15, 0.2) is 0 Å². The molecule has 1 aliphatic rings. The highest BCUT2D eigenvalue weighted by molar-refractivity contribution is 8.02. The Labute approximate surface area is 59.0 Å². The molecule has 0 radical (unpaired) electrons. The van der Waals surface area contributed by atoms with Crippen LogP contribution < -0.4 is 0 Å². The van der Waals surface area contributed by atoms with Crippen molar-refractivity contribution in [2.24, 2.45) is 0 Å². The quantitative estimate of drug-likeness (QED) is 0.529. The first-order valence-electron chi connectivity index (χ1n) is 2.69. The van der Waals surface area contributed by atoms with Crippen LogP contribution in [0.15, 0.2) is 11.5 Å². The van der Waals surface area contributed by atoms with Crippen molar-refractivity contribution in [2.75, 3.05) is 0 Å². The van der Waals surface area contributed by atoms with Crippen molar-refractivity contribution in [1.82, 2.24) is 0 Å². The van der Waals surface area contributed by atoms with Crippen LogP contribution in [0, 0.1) is 0 Å². The maximum absolute atomic E-state index is 8.36. The normalized spacial score (nSPS) is 22.6. The fourth-order valence-electron chi connectivity index (χ4n) is 0.492. The number of hydrogen-bond donors (Lipinski definition) is 1. The van der Waals surface area contributed by atoms with E-state index >= 15 is 0 Å². The summed E-state index contributed by atoms with van der Waals surface area (Å²) in [4.78, 5) is 8.36. The lowest BCUT2D eigenvalue weighted by Gasteiger charge is -1.91. The van der Waals surface area contributed by atoms with Crippen LogP contribution in [0.5, 0.6) is 0 Å². The lowest BCUT2D eigenvalue weighted by Crippen LogP contribution is -1.82. The van der Waals surface area contributed by atoms with E-state index in [-0.39, 0.29) is 6.47 Å². The summed E-state index contributed by atoms with van der Waals surface area (Å²) >= 11 is 1.92. The molecular weight excluding hydrogens is 136 g/mol. The Kier molecular flexibility index (Phi) is 5.41. The van der Waals surface area contributed by atoms with Crippen LogP contribution in [0.25, 0.3) is 0 Å². The summed E-state index contributed by atoms with van der Waals surface area (Å²) in [6.45, 7) is 1.99. The molecule has 1 unspecified atom stereocenters. The van der Waals surface area contributed by atoms with E-state index in [4.69, 9.17) is 9.90 Å². The van der Waals surface area contributed by atoms with E-state index in [1.54, 1.807) is 0 Å². The minimum absolute atomic E-state index is 0.250. The van der Waals surface area contributed by atoms with Gasteiger partial charge in [0.1, 0.15) is 0 Å². The first kappa shape index (κ1) is 8.56. The Morgan fingerprint density at radius 2 is 2.44 bits per heavy atom. The monoisotopic (exact) mass is 146 g/mol. The van der Waals surface area contributed by atoms with Gasteiger partial charge in [-0.3, -0.25) is 4.79 Å². The molecule has 0 amide bonds. The van der Waals surface area contributed by atoms with Gasteiger partial charge < -0.3 is 5.11 Å². The predicted octanol–water partition coefficient (Wildman–Crippen LogP) is 1.73. The number of allylic oxidation sites excluding steroid dienone is 1. The molecule has 0 fully saturated rings. The van der Waals surface area contributed by atoms with Crippen molar-refractivity contribution in [2.45, 2.75) is 18.6 Å². The molecular formula is C6H10O2S. The summed E-state index contributed by atoms with van der Waals surface area (Å²) in [6.07, 6.45) is 3.49. The van der Waals surface area contributed by atoms with Gasteiger partial charge in [-0.25, -0.2) is 0 Å². The van der Waals surface area contributed by atoms with Crippen LogP contribution >= 0.6 is 11.8 Å². The maximum atomic E-state index is 8.36. The molecule has 0 saturated carbocycles. The first-order valence-corrected chi connectivity index (χ1v) is 3.64. The summed E-state index contributed by atoms with van der Waals surface area (Å²) in [6, 6.07) is 0. The van der Waals surface area contributed by atoms with Crippen molar-refractivity contribution in [3.63, 3.8) is 0 Å². The van der Waals surface area contributed by atoms with Gasteiger partial charge in [-0.05, 0) is 11.8 Å². The molecule has 1 aliphatic heterocycles. The fourth-order valence-corrected chi connectivity index (χ4v) is 1.21. The predicted molar refractivity (Wildman–Crippen MR) is 39.5 cm³/mol. The highest BCUT2D eigenvalue weighted by atomic mass is 32.2. The van der Waals surface area contributed by atoms with Crippen LogP contribution in [-0.2, 0) is 4.79 Å². The topological polar surface area (TPSA) is 37.3 Å². The molecule has 1 atom stereocenters. The second-order valence-electron chi connectivity index (χ2n) is 1.66. The molecule has 0 aromatic heterocycles. The zero-order chi connectivity index (χ0) is 7.11. The second-order valence-corrected chi connectivity index (χ2v) is 3.01. The Hall–Kier alpha value is -0.440. The number of hydrogen-bond acceptors (Lipinski definition) is 2. The van der Waals surface area contributed by atoms with E-state index in [2.05, 4.69) is 18.4 Å². The van der Waals surface area contributed by atoms with Crippen LogP contribution in [0.2, 0.25) is 0 Å². The third kappa shape index (κ3) is 5.43. The zero-order valence-electron chi connectivity index (χ0n) is 5.28. The summed E-state index contributed by atoms with van der Waals surface area (Å²) in [5.74, 6) is 0. The molecule has 0 saturated heterocycles. The van der Waals surface area contributed by atoms with Crippen molar-refractivity contribution in [3.8, 4) is 0 Å². The highest BCUT2D eigenvalue weighted by Crippen LogP contribution is 2.22. The molecule has 3 heteroatoms. The van der Waals surface area contributed by atoms with Crippen molar-refractivity contribution in [3.05, 3.63) is 11.5 Å². The number of rotatable bonds is 0. The Morgan fingerprint density at radius 1 is 1.89 bits per heavy atom. The van der Waals surface area contributed by atoms with E-state index in [1.165, 1.54) is 6.42 Å². The Morgan fingerprint density at radius 3 is 2.56 bits per heavy atom. The second kappa shape index (κ2) is 5.69. The Bertz CT molecular complexity index is 93.2. The van der Waals surface area contributed by atoms with Gasteiger partial charge in [-0.2, -0.15) is 0 Å². The van der Waals surface area contributed by atoms with Gasteiger partial charge in [0.25, 0.3) is 6.47 Å². The summed E-state index contributed by atoms with van der Waals surface area (Å²) in [7, 11) is 0. The third-order valence-corrected chi connectivity index (χ3v) is 1.88. The lowest BCUT2D eigenvalue weighted by molar-refractivity contribution is -0.122. The van der Waals surface area contributed by atoms with Gasteiger partial charge in [0, 0.05) is 5.25 Å². The average molecular weight is 146 g/mol.